The van der Waals surface area contributed by atoms with E-state index in [1.165, 1.54) is 6.07 Å². The zero-order valence-electron chi connectivity index (χ0n) is 9.81. The second-order valence-electron chi connectivity index (χ2n) is 3.90. The molecule has 0 aliphatic rings. The summed E-state index contributed by atoms with van der Waals surface area (Å²) in [6.45, 7) is 1.70. The third kappa shape index (κ3) is 2.56. The molecule has 0 aliphatic heterocycles. The smallest absolute Gasteiger partial charge is 0.303 e. The van der Waals surface area contributed by atoms with E-state index in [2.05, 4.69) is 4.98 Å². The van der Waals surface area contributed by atoms with Crippen molar-refractivity contribution in [1.82, 2.24) is 4.98 Å². The van der Waals surface area contributed by atoms with E-state index in [0.29, 0.717) is 22.9 Å². The molecular formula is C13H12FNO3. The molecule has 1 heterocycles. The highest BCUT2D eigenvalue weighted by molar-refractivity contribution is 5.67. The highest BCUT2D eigenvalue weighted by Crippen LogP contribution is 2.27. The maximum atomic E-state index is 13.6. The van der Waals surface area contributed by atoms with Crippen molar-refractivity contribution in [2.75, 3.05) is 0 Å². The minimum Gasteiger partial charge on any atom is -0.481 e. The van der Waals surface area contributed by atoms with Crippen LogP contribution in [0.25, 0.3) is 11.3 Å². The van der Waals surface area contributed by atoms with Gasteiger partial charge >= 0.3 is 5.97 Å². The van der Waals surface area contributed by atoms with Crippen LogP contribution in [0, 0.1) is 12.7 Å². The summed E-state index contributed by atoms with van der Waals surface area (Å²) in [7, 11) is 0. The Hall–Kier alpha value is -2.17. The number of halogens is 1. The minimum atomic E-state index is -0.918. The second kappa shape index (κ2) is 5.00. The standard InChI is InChI=1S/C13H12FNO3/c1-8-13(9-4-2-3-5-10(9)14)18-11(15-8)6-7-12(16)17/h2-5H,6-7H2,1H3,(H,16,17). The molecule has 0 bridgehead atoms. The van der Waals surface area contributed by atoms with Gasteiger partial charge in [0.25, 0.3) is 0 Å². The minimum absolute atomic E-state index is 0.0589. The first-order valence-corrected chi connectivity index (χ1v) is 5.51. The summed E-state index contributed by atoms with van der Waals surface area (Å²) in [5, 5.41) is 8.58. The van der Waals surface area contributed by atoms with E-state index in [1.807, 2.05) is 0 Å². The number of nitrogens with zero attached hydrogens (tertiary/aromatic N) is 1. The number of benzene rings is 1. The molecule has 1 N–H and O–H groups in total. The van der Waals surface area contributed by atoms with Gasteiger partial charge in [0.15, 0.2) is 11.7 Å². The first-order chi connectivity index (χ1) is 8.58. The third-order valence-corrected chi connectivity index (χ3v) is 2.51. The van der Waals surface area contributed by atoms with Crippen LogP contribution in [0.3, 0.4) is 0 Å². The SMILES string of the molecule is Cc1nc(CCC(=O)O)oc1-c1ccccc1F. The fourth-order valence-electron chi connectivity index (χ4n) is 1.67. The van der Waals surface area contributed by atoms with Crippen LogP contribution in [-0.2, 0) is 11.2 Å². The van der Waals surface area contributed by atoms with Gasteiger partial charge in [0.05, 0.1) is 17.7 Å². The van der Waals surface area contributed by atoms with E-state index in [0.717, 1.165) is 0 Å². The van der Waals surface area contributed by atoms with Crippen molar-refractivity contribution >= 4 is 5.97 Å². The molecular weight excluding hydrogens is 237 g/mol. The molecule has 2 rings (SSSR count). The maximum absolute atomic E-state index is 13.6. The Labute approximate surface area is 103 Å². The highest BCUT2D eigenvalue weighted by Gasteiger charge is 2.15. The number of carboxylic acids is 1. The molecule has 94 valence electrons. The van der Waals surface area contributed by atoms with Gasteiger partial charge in [-0.1, -0.05) is 12.1 Å². The lowest BCUT2D eigenvalue weighted by molar-refractivity contribution is -0.137. The Morgan fingerprint density at radius 3 is 2.83 bits per heavy atom. The van der Waals surface area contributed by atoms with Gasteiger partial charge in [-0.2, -0.15) is 0 Å². The molecule has 18 heavy (non-hydrogen) atoms. The largest absolute Gasteiger partial charge is 0.481 e. The molecule has 4 nitrogen and oxygen atoms in total. The Morgan fingerprint density at radius 1 is 1.44 bits per heavy atom. The van der Waals surface area contributed by atoms with Crippen LogP contribution >= 0.6 is 0 Å². The quantitative estimate of drug-likeness (QED) is 0.904. The van der Waals surface area contributed by atoms with E-state index in [1.54, 1.807) is 25.1 Å². The molecule has 0 saturated heterocycles. The van der Waals surface area contributed by atoms with E-state index in [4.69, 9.17) is 9.52 Å². The number of carbonyl (C=O) groups is 1. The number of aryl methyl sites for hydroxylation is 2. The first kappa shape index (κ1) is 12.3. The van der Waals surface area contributed by atoms with E-state index in [-0.39, 0.29) is 18.7 Å². The molecule has 0 radical (unpaired) electrons. The van der Waals surface area contributed by atoms with Gasteiger partial charge in [-0.3, -0.25) is 4.79 Å². The van der Waals surface area contributed by atoms with Gasteiger partial charge in [-0.25, -0.2) is 9.37 Å². The van der Waals surface area contributed by atoms with E-state index < -0.39 is 5.97 Å². The number of aromatic nitrogens is 1. The van der Waals surface area contributed by atoms with Crippen molar-refractivity contribution in [1.29, 1.82) is 0 Å². The molecule has 0 saturated carbocycles. The van der Waals surface area contributed by atoms with Gasteiger partial charge in [0, 0.05) is 6.42 Å². The van der Waals surface area contributed by atoms with E-state index >= 15 is 0 Å². The molecule has 5 heteroatoms. The Balaban J connectivity index is 2.30. The maximum Gasteiger partial charge on any atom is 0.303 e. The van der Waals surface area contributed by atoms with Crippen molar-refractivity contribution in [3.8, 4) is 11.3 Å². The molecule has 0 fully saturated rings. The Kier molecular flexibility index (Phi) is 3.41. The van der Waals surface area contributed by atoms with Crippen molar-refractivity contribution < 1.29 is 18.7 Å². The average Bonchev–Trinajstić information content (AvgIpc) is 2.69. The normalized spacial score (nSPS) is 10.6. The van der Waals surface area contributed by atoms with Gasteiger partial charge < -0.3 is 9.52 Å². The summed E-state index contributed by atoms with van der Waals surface area (Å²) >= 11 is 0. The number of hydrogen-bond donors (Lipinski definition) is 1. The second-order valence-corrected chi connectivity index (χ2v) is 3.90. The lowest BCUT2D eigenvalue weighted by atomic mass is 10.1. The molecule has 0 aliphatic carbocycles. The third-order valence-electron chi connectivity index (χ3n) is 2.51. The summed E-state index contributed by atoms with van der Waals surface area (Å²) in [4.78, 5) is 14.6. The average molecular weight is 249 g/mol. The lowest BCUT2D eigenvalue weighted by Crippen LogP contribution is -1.97. The summed E-state index contributed by atoms with van der Waals surface area (Å²) < 4.78 is 19.0. The molecule has 0 atom stereocenters. The lowest BCUT2D eigenvalue weighted by Gasteiger charge is -1.98. The predicted molar refractivity (Wildman–Crippen MR) is 62.6 cm³/mol. The Bertz CT molecular complexity index is 577. The fourth-order valence-corrected chi connectivity index (χ4v) is 1.67. The zero-order chi connectivity index (χ0) is 13.1. The summed E-state index contributed by atoms with van der Waals surface area (Å²) in [5.41, 5.74) is 0.893. The number of hydrogen-bond acceptors (Lipinski definition) is 3. The van der Waals surface area contributed by atoms with Crippen LogP contribution in [0.2, 0.25) is 0 Å². The molecule has 1 aromatic heterocycles. The number of oxazole rings is 1. The van der Waals surface area contributed by atoms with E-state index in [9.17, 15) is 9.18 Å². The number of aliphatic carboxylic acids is 1. The summed E-state index contributed by atoms with van der Waals surface area (Å²) in [5.74, 6) is -0.638. The number of rotatable bonds is 4. The van der Waals surface area contributed by atoms with Crippen molar-refractivity contribution in [2.24, 2.45) is 0 Å². The topological polar surface area (TPSA) is 63.3 Å². The van der Waals surface area contributed by atoms with Crippen LogP contribution in [0.15, 0.2) is 28.7 Å². The fraction of sp³-hybridized carbons (Fsp3) is 0.231. The van der Waals surface area contributed by atoms with Gasteiger partial charge in [-0.05, 0) is 19.1 Å². The predicted octanol–water partition coefficient (Wildman–Crippen LogP) is 2.81. The van der Waals surface area contributed by atoms with Gasteiger partial charge in [0.1, 0.15) is 5.82 Å². The first-order valence-electron chi connectivity index (χ1n) is 5.51. The van der Waals surface area contributed by atoms with Crippen LogP contribution in [0.5, 0.6) is 0 Å². The monoisotopic (exact) mass is 249 g/mol. The van der Waals surface area contributed by atoms with Crippen molar-refractivity contribution in [2.45, 2.75) is 19.8 Å². The van der Waals surface area contributed by atoms with Gasteiger partial charge in [-0.15, -0.1) is 0 Å². The zero-order valence-corrected chi connectivity index (χ0v) is 9.81. The van der Waals surface area contributed by atoms with Crippen molar-refractivity contribution in [3.05, 3.63) is 41.7 Å². The van der Waals surface area contributed by atoms with Crippen molar-refractivity contribution in [3.63, 3.8) is 0 Å². The Morgan fingerprint density at radius 2 is 2.17 bits per heavy atom. The summed E-state index contributed by atoms with van der Waals surface area (Å²) in [6, 6.07) is 6.24. The molecule has 0 unspecified atom stereocenters. The number of carboxylic acid groups (broad SMARTS) is 1. The molecule has 0 amide bonds. The van der Waals surface area contributed by atoms with Crippen LogP contribution < -0.4 is 0 Å². The molecule has 1 aromatic carbocycles. The highest BCUT2D eigenvalue weighted by atomic mass is 19.1. The summed E-state index contributed by atoms with van der Waals surface area (Å²) in [6.07, 6.45) is 0.140. The van der Waals surface area contributed by atoms with Gasteiger partial charge in [0.2, 0.25) is 0 Å². The molecule has 0 spiro atoms. The molecule has 2 aromatic rings. The van der Waals surface area contributed by atoms with Crippen LogP contribution in [-0.4, -0.2) is 16.1 Å². The van der Waals surface area contributed by atoms with Crippen LogP contribution in [0.1, 0.15) is 18.0 Å². The van der Waals surface area contributed by atoms with Crippen LogP contribution in [0.4, 0.5) is 4.39 Å².